The van der Waals surface area contributed by atoms with Gasteiger partial charge in [0.05, 0.1) is 11.3 Å². The molecule has 0 bridgehead atoms. The van der Waals surface area contributed by atoms with Gasteiger partial charge in [0.15, 0.2) is 6.61 Å². The number of amidine groups is 1. The number of nitrogens with one attached hydrogen (secondary N) is 1. The molecule has 0 saturated heterocycles. The summed E-state index contributed by atoms with van der Waals surface area (Å²) in [7, 11) is -3.45. The van der Waals surface area contributed by atoms with Crippen LogP contribution >= 0.6 is 0 Å². The van der Waals surface area contributed by atoms with Gasteiger partial charge < -0.3 is 15.0 Å². The zero-order valence-corrected chi connectivity index (χ0v) is 15.5. The highest BCUT2D eigenvalue weighted by atomic mass is 32.2. The van der Waals surface area contributed by atoms with Crippen molar-refractivity contribution in [2.75, 3.05) is 18.9 Å². The molecule has 8 nitrogen and oxygen atoms in total. The monoisotopic (exact) mass is 389 g/mol. The van der Waals surface area contributed by atoms with Gasteiger partial charge in [-0.25, -0.2) is 13.2 Å². The maximum absolute atomic E-state index is 12.1. The van der Waals surface area contributed by atoms with E-state index in [-0.39, 0.29) is 23.7 Å². The normalized spacial score (nSPS) is 17.4. The zero-order chi connectivity index (χ0) is 19.4. The van der Waals surface area contributed by atoms with E-state index < -0.39 is 28.5 Å². The standard InChI is InChI=1S/C18H19N3O5S/c1-13-2-4-14(5-3-13)10-19-17(22)12-26-18(23)15-6-7-16-20-27(24,25)9-8-21(16)11-15/h2-7,11H,8-10,12H2,1H3,(H,19,22). The van der Waals surface area contributed by atoms with Crippen LogP contribution in [0.25, 0.3) is 0 Å². The summed E-state index contributed by atoms with van der Waals surface area (Å²) in [5, 5.41) is 2.68. The molecule has 2 heterocycles. The van der Waals surface area contributed by atoms with Gasteiger partial charge in [0.25, 0.3) is 15.9 Å². The molecule has 27 heavy (non-hydrogen) atoms. The first-order valence-corrected chi connectivity index (χ1v) is 9.92. The average molecular weight is 389 g/mol. The highest BCUT2D eigenvalue weighted by Gasteiger charge is 2.25. The summed E-state index contributed by atoms with van der Waals surface area (Å²) in [5.74, 6) is -0.932. The molecular weight excluding hydrogens is 370 g/mol. The fourth-order valence-electron chi connectivity index (χ4n) is 2.49. The van der Waals surface area contributed by atoms with Gasteiger partial charge in [-0.3, -0.25) is 4.79 Å². The lowest BCUT2D eigenvalue weighted by Crippen LogP contribution is -2.37. The molecule has 0 aromatic heterocycles. The van der Waals surface area contributed by atoms with Crippen LogP contribution in [0.1, 0.15) is 11.1 Å². The fraction of sp³-hybridized carbons (Fsp3) is 0.278. The summed E-state index contributed by atoms with van der Waals surface area (Å²) in [4.78, 5) is 25.5. The van der Waals surface area contributed by atoms with Gasteiger partial charge in [0.2, 0.25) is 0 Å². The number of amides is 1. The summed E-state index contributed by atoms with van der Waals surface area (Å²) in [6, 6.07) is 7.73. The molecule has 0 spiro atoms. The molecule has 0 radical (unpaired) electrons. The summed E-state index contributed by atoms with van der Waals surface area (Å²) in [6.07, 6.45) is 4.33. The molecule has 0 aliphatic carbocycles. The van der Waals surface area contributed by atoms with Gasteiger partial charge in [-0.15, -0.1) is 4.40 Å². The molecule has 2 aliphatic heterocycles. The number of rotatable bonds is 5. The van der Waals surface area contributed by atoms with Crippen molar-refractivity contribution in [3.8, 4) is 0 Å². The Morgan fingerprint density at radius 3 is 2.70 bits per heavy atom. The van der Waals surface area contributed by atoms with Crippen molar-refractivity contribution in [3.05, 3.63) is 59.3 Å². The maximum atomic E-state index is 12.1. The smallest absolute Gasteiger partial charge is 0.340 e. The van der Waals surface area contributed by atoms with Gasteiger partial charge in [0.1, 0.15) is 5.84 Å². The first-order valence-electron chi connectivity index (χ1n) is 8.31. The number of esters is 1. The van der Waals surface area contributed by atoms with Gasteiger partial charge in [-0.1, -0.05) is 29.8 Å². The van der Waals surface area contributed by atoms with Crippen molar-refractivity contribution in [2.45, 2.75) is 13.5 Å². The first kappa shape index (κ1) is 18.8. The second kappa shape index (κ2) is 7.75. The molecular formula is C18H19N3O5S. The highest BCUT2D eigenvalue weighted by molar-refractivity contribution is 7.90. The van der Waals surface area contributed by atoms with Crippen molar-refractivity contribution in [3.63, 3.8) is 0 Å². The Bertz CT molecular complexity index is 946. The second-order valence-corrected chi connectivity index (χ2v) is 7.94. The molecule has 0 atom stereocenters. The number of hydrogen-bond donors (Lipinski definition) is 1. The SMILES string of the molecule is Cc1ccc(CNC(=O)COC(=O)C2=CN3CCS(=O)(=O)N=C3C=C2)cc1. The van der Waals surface area contributed by atoms with Crippen LogP contribution in [0.2, 0.25) is 0 Å². The minimum absolute atomic E-state index is 0.120. The predicted molar refractivity (Wildman–Crippen MR) is 99.1 cm³/mol. The van der Waals surface area contributed by atoms with Crippen LogP contribution in [0.5, 0.6) is 0 Å². The molecule has 1 aromatic carbocycles. The van der Waals surface area contributed by atoms with E-state index in [0.717, 1.165) is 11.1 Å². The van der Waals surface area contributed by atoms with Gasteiger partial charge in [0, 0.05) is 19.3 Å². The van der Waals surface area contributed by atoms with Gasteiger partial charge in [-0.05, 0) is 24.6 Å². The van der Waals surface area contributed by atoms with E-state index >= 15 is 0 Å². The van der Waals surface area contributed by atoms with Crippen molar-refractivity contribution < 1.29 is 22.7 Å². The Morgan fingerprint density at radius 2 is 1.96 bits per heavy atom. The van der Waals surface area contributed by atoms with Crippen molar-refractivity contribution in [2.24, 2.45) is 4.40 Å². The minimum atomic E-state index is -3.45. The van der Waals surface area contributed by atoms with E-state index in [9.17, 15) is 18.0 Å². The van der Waals surface area contributed by atoms with Gasteiger partial charge >= 0.3 is 5.97 Å². The molecule has 1 N–H and O–H groups in total. The number of aryl methyl sites for hydroxylation is 1. The maximum Gasteiger partial charge on any atom is 0.340 e. The van der Waals surface area contributed by atoms with Crippen molar-refractivity contribution >= 4 is 27.7 Å². The zero-order valence-electron chi connectivity index (χ0n) is 14.7. The van der Waals surface area contributed by atoms with Crippen LogP contribution in [0.4, 0.5) is 0 Å². The average Bonchev–Trinajstić information content (AvgIpc) is 2.64. The lowest BCUT2D eigenvalue weighted by molar-refractivity contribution is -0.144. The Labute approximate surface area is 157 Å². The van der Waals surface area contributed by atoms with E-state index in [2.05, 4.69) is 9.71 Å². The molecule has 3 rings (SSSR count). The molecule has 0 unspecified atom stereocenters. The molecule has 2 aliphatic rings. The number of ether oxygens (including phenoxy) is 1. The highest BCUT2D eigenvalue weighted by Crippen LogP contribution is 2.16. The van der Waals surface area contributed by atoms with Crippen LogP contribution in [0, 0.1) is 6.92 Å². The Kier molecular flexibility index (Phi) is 5.41. The van der Waals surface area contributed by atoms with Crippen LogP contribution < -0.4 is 5.32 Å². The number of carbonyl (C=O) groups is 2. The van der Waals surface area contributed by atoms with Crippen molar-refractivity contribution in [1.29, 1.82) is 0 Å². The molecule has 1 amide bonds. The van der Waals surface area contributed by atoms with E-state index in [1.54, 1.807) is 4.90 Å². The van der Waals surface area contributed by atoms with E-state index in [1.165, 1.54) is 18.4 Å². The first-order chi connectivity index (χ1) is 12.8. The second-order valence-electron chi connectivity index (χ2n) is 6.19. The molecule has 1 aromatic rings. The van der Waals surface area contributed by atoms with Crippen LogP contribution in [-0.4, -0.2) is 49.9 Å². The minimum Gasteiger partial charge on any atom is -0.452 e. The Morgan fingerprint density at radius 1 is 1.22 bits per heavy atom. The van der Waals surface area contributed by atoms with E-state index in [0.29, 0.717) is 6.54 Å². The number of fused-ring (bicyclic) bond motifs is 1. The number of hydrogen-bond acceptors (Lipinski definition) is 6. The van der Waals surface area contributed by atoms with Gasteiger partial charge in [-0.2, -0.15) is 0 Å². The third kappa shape index (κ3) is 5.04. The predicted octanol–water partition coefficient (Wildman–Crippen LogP) is 0.652. The third-order valence-corrected chi connectivity index (χ3v) is 5.17. The third-order valence-electron chi connectivity index (χ3n) is 4.00. The van der Waals surface area contributed by atoms with Crippen LogP contribution in [0.15, 0.2) is 52.6 Å². The largest absolute Gasteiger partial charge is 0.452 e. The van der Waals surface area contributed by atoms with E-state index in [4.69, 9.17) is 4.74 Å². The number of nitrogens with zero attached hydrogens (tertiary/aromatic N) is 2. The molecule has 142 valence electrons. The molecule has 9 heteroatoms. The lowest BCUT2D eigenvalue weighted by Gasteiger charge is -2.26. The van der Waals surface area contributed by atoms with E-state index in [1.807, 2.05) is 31.2 Å². The summed E-state index contributed by atoms with van der Waals surface area (Å²) in [6.45, 7) is 2.14. The quantitative estimate of drug-likeness (QED) is 0.742. The summed E-state index contributed by atoms with van der Waals surface area (Å²) >= 11 is 0. The molecule has 0 saturated carbocycles. The number of benzene rings is 1. The topological polar surface area (TPSA) is 105 Å². The molecule has 0 fully saturated rings. The fourth-order valence-corrected chi connectivity index (χ4v) is 3.46. The summed E-state index contributed by atoms with van der Waals surface area (Å²) < 4.78 is 31.6. The Hall–Kier alpha value is -2.94. The van der Waals surface area contributed by atoms with Crippen molar-refractivity contribution in [1.82, 2.24) is 10.2 Å². The van der Waals surface area contributed by atoms with Crippen LogP contribution in [-0.2, 0) is 30.9 Å². The number of sulfonamides is 1. The summed E-state index contributed by atoms with van der Waals surface area (Å²) in [5.41, 5.74) is 2.30. The Balaban J connectivity index is 1.49. The van der Waals surface area contributed by atoms with Crippen LogP contribution in [0.3, 0.4) is 0 Å². The number of carbonyl (C=O) groups excluding carboxylic acids is 2. The lowest BCUT2D eigenvalue weighted by atomic mass is 10.1.